The van der Waals surface area contributed by atoms with Crippen molar-refractivity contribution in [1.82, 2.24) is 0 Å². The summed E-state index contributed by atoms with van der Waals surface area (Å²) in [5.74, 6) is 0.716. The molecule has 1 unspecified atom stereocenters. The molecule has 0 spiro atoms. The molecule has 0 radical (unpaired) electrons. The van der Waals surface area contributed by atoms with Crippen molar-refractivity contribution < 1.29 is 4.42 Å². The summed E-state index contributed by atoms with van der Waals surface area (Å²) in [5, 5.41) is 0.640. The van der Waals surface area contributed by atoms with E-state index in [1.54, 1.807) is 0 Å². The molecule has 2 heterocycles. The first kappa shape index (κ1) is 17.0. The molecule has 4 heteroatoms. The van der Waals surface area contributed by atoms with Gasteiger partial charge in [-0.3, -0.25) is 4.79 Å². The second-order valence-electron chi connectivity index (χ2n) is 8.03. The molecule has 24 heavy (non-hydrogen) atoms. The van der Waals surface area contributed by atoms with Gasteiger partial charge in [-0.2, -0.15) is 0 Å². The third kappa shape index (κ3) is 2.95. The third-order valence-corrected chi connectivity index (χ3v) is 5.26. The average molecular weight is 328 g/mol. The Morgan fingerprint density at radius 3 is 2.42 bits per heavy atom. The zero-order valence-electron chi connectivity index (χ0n) is 15.4. The van der Waals surface area contributed by atoms with Gasteiger partial charge in [-0.15, -0.1) is 0 Å². The molecule has 1 aliphatic heterocycles. The minimum absolute atomic E-state index is 0.0571. The van der Waals surface area contributed by atoms with Gasteiger partial charge < -0.3 is 15.1 Å². The fourth-order valence-electron chi connectivity index (χ4n) is 3.51. The highest BCUT2D eigenvalue weighted by Crippen LogP contribution is 2.35. The normalized spacial score (nSPS) is 18.8. The van der Waals surface area contributed by atoms with Crippen LogP contribution >= 0.6 is 0 Å². The summed E-state index contributed by atoms with van der Waals surface area (Å²) in [7, 11) is 0. The lowest BCUT2D eigenvalue weighted by molar-refractivity contribution is 0.274. The summed E-state index contributed by atoms with van der Waals surface area (Å²) in [6, 6.07) is 3.75. The van der Waals surface area contributed by atoms with E-state index in [1.807, 2.05) is 32.9 Å². The first-order chi connectivity index (χ1) is 11.2. The van der Waals surface area contributed by atoms with Gasteiger partial charge in [0, 0.05) is 24.7 Å². The van der Waals surface area contributed by atoms with E-state index < -0.39 is 0 Å². The first-order valence-corrected chi connectivity index (χ1v) is 8.78. The Bertz CT molecular complexity index is 824. The largest absolute Gasteiger partial charge is 0.440 e. The predicted octanol–water partition coefficient (Wildman–Crippen LogP) is 4.06. The molecule has 0 saturated carbocycles. The monoisotopic (exact) mass is 328 g/mol. The van der Waals surface area contributed by atoms with Crippen LogP contribution in [0.4, 0.5) is 5.88 Å². The molecule has 1 aliphatic rings. The molecule has 4 nitrogen and oxygen atoms in total. The number of hydrogen-bond donors (Lipinski definition) is 1. The number of nitrogens with zero attached hydrogens (tertiary/aromatic N) is 1. The number of anilines is 1. The molecule has 1 fully saturated rings. The lowest BCUT2D eigenvalue weighted by atomic mass is 9.82. The van der Waals surface area contributed by atoms with Crippen molar-refractivity contribution in [2.24, 2.45) is 11.1 Å². The Morgan fingerprint density at radius 1 is 1.21 bits per heavy atom. The van der Waals surface area contributed by atoms with Crippen molar-refractivity contribution in [2.45, 2.75) is 53.5 Å². The molecule has 1 atom stereocenters. The van der Waals surface area contributed by atoms with E-state index in [0.717, 1.165) is 37.1 Å². The number of piperidine rings is 1. The van der Waals surface area contributed by atoms with Crippen LogP contribution in [0.25, 0.3) is 11.0 Å². The molecule has 2 N–H and O–H groups in total. The quantitative estimate of drug-likeness (QED) is 0.903. The van der Waals surface area contributed by atoms with Crippen molar-refractivity contribution in [1.29, 1.82) is 0 Å². The van der Waals surface area contributed by atoms with E-state index in [-0.39, 0.29) is 11.5 Å². The Hall–Kier alpha value is -1.81. The second kappa shape index (κ2) is 5.92. The molecule has 0 aliphatic carbocycles. The van der Waals surface area contributed by atoms with Crippen LogP contribution in [0.2, 0.25) is 0 Å². The van der Waals surface area contributed by atoms with E-state index in [9.17, 15) is 4.79 Å². The summed E-state index contributed by atoms with van der Waals surface area (Å²) < 4.78 is 6.27. The highest BCUT2D eigenvalue weighted by atomic mass is 16.4. The van der Waals surface area contributed by atoms with Crippen LogP contribution in [0.5, 0.6) is 0 Å². The van der Waals surface area contributed by atoms with Gasteiger partial charge in [-0.05, 0) is 50.7 Å². The molecule has 130 valence electrons. The lowest BCUT2D eigenvalue weighted by Crippen LogP contribution is -2.38. The molecule has 0 amide bonds. The summed E-state index contributed by atoms with van der Waals surface area (Å²) >= 11 is 0. The minimum atomic E-state index is -0.175. The highest BCUT2D eigenvalue weighted by molar-refractivity contribution is 5.83. The van der Waals surface area contributed by atoms with Gasteiger partial charge in [-0.1, -0.05) is 19.9 Å². The van der Waals surface area contributed by atoms with Gasteiger partial charge >= 0.3 is 0 Å². The number of hydrogen-bond acceptors (Lipinski definition) is 4. The summed E-state index contributed by atoms with van der Waals surface area (Å²) in [6.07, 6.45) is 2.20. The topological polar surface area (TPSA) is 59.5 Å². The summed E-state index contributed by atoms with van der Waals surface area (Å²) in [6.45, 7) is 12.2. The van der Waals surface area contributed by atoms with Crippen LogP contribution in [-0.2, 0) is 0 Å². The van der Waals surface area contributed by atoms with Gasteiger partial charge in [-0.25, -0.2) is 0 Å². The van der Waals surface area contributed by atoms with Crippen LogP contribution < -0.4 is 16.1 Å². The van der Waals surface area contributed by atoms with Gasteiger partial charge in [0.15, 0.2) is 5.43 Å². The Morgan fingerprint density at radius 2 is 1.83 bits per heavy atom. The highest BCUT2D eigenvalue weighted by Gasteiger charge is 2.28. The number of nitrogens with two attached hydrogens (primary N) is 1. The maximum absolute atomic E-state index is 12.9. The number of fused-ring (bicyclic) bond motifs is 1. The minimum Gasteiger partial charge on any atom is -0.440 e. The lowest BCUT2D eigenvalue weighted by Gasteiger charge is -2.37. The molecule has 0 bridgehead atoms. The average Bonchev–Trinajstić information content (AvgIpc) is 2.51. The first-order valence-electron chi connectivity index (χ1n) is 8.78. The van der Waals surface area contributed by atoms with Crippen molar-refractivity contribution in [3.05, 3.63) is 39.0 Å². The molecule has 2 aromatic rings. The SMILES string of the molecule is Cc1cc(C(C)N)c2oc(N3CCC(C)(C)CC3)c(C)c(=O)c2c1. The maximum atomic E-state index is 12.9. The maximum Gasteiger partial charge on any atom is 0.202 e. The van der Waals surface area contributed by atoms with Crippen molar-refractivity contribution in [2.75, 3.05) is 18.0 Å². The molecule has 1 aromatic heterocycles. The van der Waals surface area contributed by atoms with Crippen LogP contribution in [0.3, 0.4) is 0 Å². The Kier molecular flexibility index (Phi) is 4.20. The van der Waals surface area contributed by atoms with Gasteiger partial charge in [0.2, 0.25) is 5.88 Å². The van der Waals surface area contributed by atoms with E-state index >= 15 is 0 Å². The van der Waals surface area contributed by atoms with E-state index in [1.165, 1.54) is 0 Å². The van der Waals surface area contributed by atoms with E-state index in [0.29, 0.717) is 27.8 Å². The molecule has 3 rings (SSSR count). The fourth-order valence-corrected chi connectivity index (χ4v) is 3.51. The molecular weight excluding hydrogens is 300 g/mol. The zero-order chi connectivity index (χ0) is 17.6. The second-order valence-corrected chi connectivity index (χ2v) is 8.03. The van der Waals surface area contributed by atoms with Gasteiger partial charge in [0.05, 0.1) is 10.9 Å². The smallest absolute Gasteiger partial charge is 0.202 e. The zero-order valence-corrected chi connectivity index (χ0v) is 15.4. The van der Waals surface area contributed by atoms with Crippen LogP contribution in [0, 0.1) is 19.3 Å². The van der Waals surface area contributed by atoms with Crippen molar-refractivity contribution in [3.63, 3.8) is 0 Å². The number of aryl methyl sites for hydroxylation is 1. The molecule has 1 saturated heterocycles. The van der Waals surface area contributed by atoms with Crippen molar-refractivity contribution >= 4 is 16.9 Å². The van der Waals surface area contributed by atoms with Crippen LogP contribution in [0.15, 0.2) is 21.3 Å². The van der Waals surface area contributed by atoms with E-state index in [2.05, 4.69) is 18.7 Å². The number of benzene rings is 1. The standard InChI is InChI=1S/C20H28N2O2/c1-12-10-15(14(3)21)18-16(11-12)17(23)13(2)19(24-18)22-8-6-20(4,5)7-9-22/h10-11,14H,6-9,21H2,1-5H3. The number of rotatable bonds is 2. The predicted molar refractivity (Wildman–Crippen MR) is 99.8 cm³/mol. The third-order valence-electron chi connectivity index (χ3n) is 5.26. The van der Waals surface area contributed by atoms with E-state index in [4.69, 9.17) is 10.2 Å². The van der Waals surface area contributed by atoms with Crippen LogP contribution in [-0.4, -0.2) is 13.1 Å². The van der Waals surface area contributed by atoms with Crippen LogP contribution in [0.1, 0.15) is 56.3 Å². The summed E-state index contributed by atoms with van der Waals surface area (Å²) in [4.78, 5) is 15.1. The fraction of sp³-hybridized carbons (Fsp3) is 0.550. The van der Waals surface area contributed by atoms with Gasteiger partial charge in [0.1, 0.15) is 5.58 Å². The molecular formula is C20H28N2O2. The Balaban J connectivity index is 2.17. The summed E-state index contributed by atoms with van der Waals surface area (Å²) in [5.41, 5.74) is 9.82. The van der Waals surface area contributed by atoms with Crippen molar-refractivity contribution in [3.8, 4) is 0 Å². The molecule has 1 aromatic carbocycles. The Labute approximate surface area is 143 Å². The van der Waals surface area contributed by atoms with Gasteiger partial charge in [0.25, 0.3) is 0 Å².